The van der Waals surface area contributed by atoms with Gasteiger partial charge in [0.25, 0.3) is 5.91 Å². The molecule has 0 fully saturated rings. The number of methoxy groups -OCH3 is 1. The first kappa shape index (κ1) is 21.7. The summed E-state index contributed by atoms with van der Waals surface area (Å²) in [6.07, 6.45) is 0.837. The van der Waals surface area contributed by atoms with Crippen molar-refractivity contribution in [1.82, 2.24) is 10.6 Å². The summed E-state index contributed by atoms with van der Waals surface area (Å²) in [5.41, 5.74) is 2.09. The fraction of sp³-hybridized carbons (Fsp3) is 0.273. The SMILES string of the molecule is CCCOc1ccc(Br)cc1[C@H]1NC(=O)NC(C)=C1C(=O)Nc1ccccc1OC. The number of anilines is 1. The molecule has 0 saturated carbocycles. The predicted molar refractivity (Wildman–Crippen MR) is 119 cm³/mol. The van der Waals surface area contributed by atoms with E-state index in [9.17, 15) is 9.59 Å². The molecule has 3 N–H and O–H groups in total. The molecule has 7 nitrogen and oxygen atoms in total. The minimum atomic E-state index is -0.683. The van der Waals surface area contributed by atoms with Gasteiger partial charge in [0.05, 0.1) is 31.0 Å². The molecule has 158 valence electrons. The van der Waals surface area contributed by atoms with Gasteiger partial charge >= 0.3 is 6.03 Å². The summed E-state index contributed by atoms with van der Waals surface area (Å²) in [6.45, 7) is 4.24. The summed E-state index contributed by atoms with van der Waals surface area (Å²) in [7, 11) is 1.54. The molecular formula is C22H24BrN3O4. The Morgan fingerprint density at radius 3 is 2.70 bits per heavy atom. The third kappa shape index (κ3) is 4.76. The van der Waals surface area contributed by atoms with Crippen LogP contribution in [0.15, 0.2) is 58.2 Å². The normalized spacial score (nSPS) is 15.9. The van der Waals surface area contributed by atoms with Gasteiger partial charge in [-0.15, -0.1) is 0 Å². The molecule has 1 aliphatic heterocycles. The van der Waals surface area contributed by atoms with E-state index in [4.69, 9.17) is 9.47 Å². The largest absolute Gasteiger partial charge is 0.495 e. The topological polar surface area (TPSA) is 88.7 Å². The lowest BCUT2D eigenvalue weighted by Crippen LogP contribution is -2.46. The molecule has 2 aromatic rings. The molecule has 0 aromatic heterocycles. The van der Waals surface area contributed by atoms with Crippen LogP contribution in [0.4, 0.5) is 10.5 Å². The van der Waals surface area contributed by atoms with Gasteiger partial charge in [0, 0.05) is 15.7 Å². The van der Waals surface area contributed by atoms with Crippen LogP contribution in [0.2, 0.25) is 0 Å². The molecule has 1 atom stereocenters. The minimum absolute atomic E-state index is 0.351. The lowest BCUT2D eigenvalue weighted by atomic mass is 9.94. The van der Waals surface area contributed by atoms with Crippen LogP contribution in [0.25, 0.3) is 0 Å². The third-order valence-corrected chi connectivity index (χ3v) is 5.11. The van der Waals surface area contributed by atoms with Gasteiger partial charge in [-0.1, -0.05) is 35.0 Å². The number of hydrogen-bond donors (Lipinski definition) is 3. The molecule has 0 bridgehead atoms. The summed E-state index contributed by atoms with van der Waals surface area (Å²) in [4.78, 5) is 25.5. The standard InChI is InChI=1S/C22H24BrN3O4/c1-4-11-30-17-10-9-14(23)12-15(17)20-19(13(2)24-22(28)26-20)21(27)25-16-7-5-6-8-18(16)29-3/h5-10,12,20H,4,11H2,1-3H3,(H,25,27)(H2,24,26,28)/t20-/m1/s1. The number of ether oxygens (including phenoxy) is 2. The van der Waals surface area contributed by atoms with E-state index in [1.54, 1.807) is 26.2 Å². The second-order valence-electron chi connectivity index (χ2n) is 6.76. The van der Waals surface area contributed by atoms with Crippen molar-refractivity contribution in [1.29, 1.82) is 0 Å². The Labute approximate surface area is 184 Å². The Kier molecular flexibility index (Phi) is 6.99. The van der Waals surface area contributed by atoms with Crippen molar-refractivity contribution in [3.05, 3.63) is 63.8 Å². The quantitative estimate of drug-likeness (QED) is 0.551. The van der Waals surface area contributed by atoms with Crippen molar-refractivity contribution in [2.45, 2.75) is 26.3 Å². The number of amides is 3. The average molecular weight is 474 g/mol. The predicted octanol–water partition coefficient (Wildman–Crippen LogP) is 4.51. The van der Waals surface area contributed by atoms with Gasteiger partial charge in [-0.25, -0.2) is 4.79 Å². The summed E-state index contributed by atoms with van der Waals surface area (Å²) in [5.74, 6) is 0.807. The molecule has 0 aliphatic carbocycles. The van der Waals surface area contributed by atoms with Gasteiger partial charge in [0.2, 0.25) is 0 Å². The second kappa shape index (κ2) is 9.67. The van der Waals surface area contributed by atoms with E-state index in [0.717, 1.165) is 10.9 Å². The molecule has 30 heavy (non-hydrogen) atoms. The van der Waals surface area contributed by atoms with Crippen molar-refractivity contribution < 1.29 is 19.1 Å². The van der Waals surface area contributed by atoms with E-state index in [0.29, 0.717) is 40.6 Å². The highest BCUT2D eigenvalue weighted by Gasteiger charge is 2.33. The Morgan fingerprint density at radius 1 is 1.20 bits per heavy atom. The van der Waals surface area contributed by atoms with Crippen LogP contribution in [0.3, 0.4) is 0 Å². The van der Waals surface area contributed by atoms with E-state index in [2.05, 4.69) is 31.9 Å². The fourth-order valence-electron chi connectivity index (χ4n) is 3.25. The fourth-order valence-corrected chi connectivity index (χ4v) is 3.63. The number of nitrogens with one attached hydrogen (secondary N) is 3. The zero-order valence-electron chi connectivity index (χ0n) is 17.0. The van der Waals surface area contributed by atoms with Crippen molar-refractivity contribution >= 4 is 33.6 Å². The minimum Gasteiger partial charge on any atom is -0.495 e. The van der Waals surface area contributed by atoms with E-state index < -0.39 is 6.04 Å². The number of carbonyl (C=O) groups is 2. The highest BCUT2D eigenvalue weighted by atomic mass is 79.9. The van der Waals surface area contributed by atoms with Gasteiger partial charge in [0.15, 0.2) is 0 Å². The number of allylic oxidation sites excluding steroid dienone is 1. The highest BCUT2D eigenvalue weighted by Crippen LogP contribution is 2.36. The summed E-state index contributed by atoms with van der Waals surface area (Å²) < 4.78 is 12.0. The first-order valence-corrected chi connectivity index (χ1v) is 10.4. The van der Waals surface area contributed by atoms with Gasteiger partial charge in [-0.3, -0.25) is 4.79 Å². The molecule has 0 spiro atoms. The molecule has 1 aliphatic rings. The van der Waals surface area contributed by atoms with E-state index in [-0.39, 0.29) is 11.9 Å². The zero-order valence-corrected chi connectivity index (χ0v) is 18.6. The average Bonchev–Trinajstić information content (AvgIpc) is 2.72. The number of para-hydroxylation sites is 2. The number of benzene rings is 2. The van der Waals surface area contributed by atoms with Crippen molar-refractivity contribution in [2.24, 2.45) is 0 Å². The number of rotatable bonds is 7. The van der Waals surface area contributed by atoms with Crippen LogP contribution in [-0.2, 0) is 4.79 Å². The summed E-state index contributed by atoms with van der Waals surface area (Å²) in [6, 6.07) is 11.6. The van der Waals surface area contributed by atoms with Crippen molar-refractivity contribution in [3.8, 4) is 11.5 Å². The second-order valence-corrected chi connectivity index (χ2v) is 7.67. The van der Waals surface area contributed by atoms with E-state index in [1.165, 1.54) is 0 Å². The highest BCUT2D eigenvalue weighted by molar-refractivity contribution is 9.10. The third-order valence-electron chi connectivity index (χ3n) is 4.61. The van der Waals surface area contributed by atoms with Crippen LogP contribution in [0, 0.1) is 0 Å². The maximum atomic E-state index is 13.3. The maximum absolute atomic E-state index is 13.3. The monoisotopic (exact) mass is 473 g/mol. The van der Waals surface area contributed by atoms with Crippen LogP contribution >= 0.6 is 15.9 Å². The Balaban J connectivity index is 2.01. The zero-order chi connectivity index (χ0) is 21.7. The van der Waals surface area contributed by atoms with Crippen LogP contribution in [-0.4, -0.2) is 25.7 Å². The van der Waals surface area contributed by atoms with Gasteiger partial charge in [0.1, 0.15) is 11.5 Å². The van der Waals surface area contributed by atoms with Gasteiger partial charge in [-0.05, 0) is 43.7 Å². The summed E-state index contributed by atoms with van der Waals surface area (Å²) in [5, 5.41) is 8.43. The van der Waals surface area contributed by atoms with Crippen molar-refractivity contribution in [3.63, 3.8) is 0 Å². The first-order chi connectivity index (χ1) is 14.4. The molecule has 2 aromatic carbocycles. The molecular weight excluding hydrogens is 450 g/mol. The van der Waals surface area contributed by atoms with Crippen LogP contribution < -0.4 is 25.4 Å². The molecule has 3 amide bonds. The molecule has 0 saturated heterocycles. The smallest absolute Gasteiger partial charge is 0.319 e. The number of halogens is 1. The molecule has 1 heterocycles. The van der Waals surface area contributed by atoms with Gasteiger partial charge in [-0.2, -0.15) is 0 Å². The summed E-state index contributed by atoms with van der Waals surface area (Å²) >= 11 is 3.47. The van der Waals surface area contributed by atoms with Crippen LogP contribution in [0.1, 0.15) is 31.9 Å². The first-order valence-electron chi connectivity index (χ1n) is 9.59. The van der Waals surface area contributed by atoms with Crippen molar-refractivity contribution in [2.75, 3.05) is 19.0 Å². The Morgan fingerprint density at radius 2 is 1.97 bits per heavy atom. The molecule has 8 heteroatoms. The van der Waals surface area contributed by atoms with Crippen LogP contribution in [0.5, 0.6) is 11.5 Å². The van der Waals surface area contributed by atoms with E-state index >= 15 is 0 Å². The number of carbonyl (C=O) groups excluding carboxylic acids is 2. The molecule has 0 radical (unpaired) electrons. The molecule has 0 unspecified atom stereocenters. The molecule has 3 rings (SSSR count). The van der Waals surface area contributed by atoms with Gasteiger partial charge < -0.3 is 25.4 Å². The lowest BCUT2D eigenvalue weighted by molar-refractivity contribution is -0.113. The number of hydrogen-bond acceptors (Lipinski definition) is 4. The van der Waals surface area contributed by atoms with E-state index in [1.807, 2.05) is 37.3 Å². The number of urea groups is 1. The Hall–Kier alpha value is -3.00. The lowest BCUT2D eigenvalue weighted by Gasteiger charge is -2.30. The maximum Gasteiger partial charge on any atom is 0.319 e. The Bertz CT molecular complexity index is 990.